The smallest absolute Gasteiger partial charge is 0.133 e. The Kier molecular flexibility index (Phi) is 4.27. The third-order valence-corrected chi connectivity index (χ3v) is 4.97. The summed E-state index contributed by atoms with van der Waals surface area (Å²) in [5.41, 5.74) is 0.116. The minimum Gasteiger partial charge on any atom is -0.496 e. The van der Waals surface area contributed by atoms with Crippen molar-refractivity contribution in [3.05, 3.63) is 49.3 Å². The largest absolute Gasteiger partial charge is 0.496 e. The first-order valence-electron chi connectivity index (χ1n) is 4.99. The maximum atomic E-state index is 13.8. The van der Waals surface area contributed by atoms with Crippen molar-refractivity contribution < 1.29 is 14.2 Å². The van der Waals surface area contributed by atoms with Gasteiger partial charge in [-0.15, -0.1) is 11.3 Å². The lowest BCUT2D eigenvalue weighted by molar-refractivity contribution is 0.212. The average Bonchev–Trinajstić information content (AvgIpc) is 2.68. The molecule has 0 bridgehead atoms. The Hall–Kier alpha value is -0.620. The van der Waals surface area contributed by atoms with Gasteiger partial charge in [0.25, 0.3) is 0 Å². The van der Waals surface area contributed by atoms with Gasteiger partial charge in [0.1, 0.15) is 22.0 Å². The first kappa shape index (κ1) is 13.8. The minimum absolute atomic E-state index is 0.116. The molecule has 1 N–H and O–H groups in total. The van der Waals surface area contributed by atoms with Crippen molar-refractivity contribution in [2.24, 2.45) is 0 Å². The Morgan fingerprint density at radius 3 is 2.78 bits per heavy atom. The predicted molar refractivity (Wildman–Crippen MR) is 74.0 cm³/mol. The van der Waals surface area contributed by atoms with Crippen LogP contribution in [-0.2, 0) is 0 Å². The molecule has 1 heterocycles. The molecule has 0 amide bonds. The van der Waals surface area contributed by atoms with E-state index < -0.39 is 11.9 Å². The van der Waals surface area contributed by atoms with Crippen LogP contribution in [0.1, 0.15) is 16.5 Å². The molecule has 2 rings (SSSR count). The van der Waals surface area contributed by atoms with E-state index in [0.29, 0.717) is 19.4 Å². The number of aliphatic hydroxyl groups is 1. The van der Waals surface area contributed by atoms with Gasteiger partial charge < -0.3 is 9.84 Å². The van der Waals surface area contributed by atoms with Crippen LogP contribution >= 0.6 is 38.9 Å². The maximum absolute atomic E-state index is 13.8. The third-order valence-electron chi connectivity index (χ3n) is 2.44. The van der Waals surface area contributed by atoms with Gasteiger partial charge in [0, 0.05) is 9.35 Å². The zero-order valence-corrected chi connectivity index (χ0v) is 12.4. The SMILES string of the molecule is COc1cccc(F)c1C(O)c1cc(Br)c(Cl)s1. The van der Waals surface area contributed by atoms with E-state index in [-0.39, 0.29) is 5.56 Å². The van der Waals surface area contributed by atoms with Crippen LogP contribution in [-0.4, -0.2) is 12.2 Å². The topological polar surface area (TPSA) is 29.5 Å². The lowest BCUT2D eigenvalue weighted by Gasteiger charge is -2.14. The monoisotopic (exact) mass is 350 g/mol. The fourth-order valence-corrected chi connectivity index (χ4v) is 3.33. The zero-order valence-electron chi connectivity index (χ0n) is 9.28. The summed E-state index contributed by atoms with van der Waals surface area (Å²) in [5.74, 6) is -0.203. The highest BCUT2D eigenvalue weighted by Crippen LogP contribution is 2.40. The minimum atomic E-state index is -1.10. The molecule has 96 valence electrons. The van der Waals surface area contributed by atoms with Crippen LogP contribution in [0.15, 0.2) is 28.7 Å². The van der Waals surface area contributed by atoms with Crippen molar-refractivity contribution in [1.82, 2.24) is 0 Å². The molecule has 0 radical (unpaired) electrons. The molecular formula is C12H9BrClFO2S. The summed E-state index contributed by atoms with van der Waals surface area (Å²) >= 11 is 10.4. The Morgan fingerprint density at radius 2 is 2.22 bits per heavy atom. The molecule has 0 aliphatic rings. The summed E-state index contributed by atoms with van der Waals surface area (Å²) in [4.78, 5) is 0.551. The number of ether oxygens (including phenoxy) is 1. The summed E-state index contributed by atoms with van der Waals surface area (Å²) in [6, 6.07) is 6.09. The summed E-state index contributed by atoms with van der Waals surface area (Å²) < 4.78 is 20.1. The number of thiophene rings is 1. The van der Waals surface area contributed by atoms with Crippen LogP contribution in [0.4, 0.5) is 4.39 Å². The Bertz CT molecular complexity index is 554. The van der Waals surface area contributed by atoms with Crippen LogP contribution in [0, 0.1) is 5.82 Å². The van der Waals surface area contributed by atoms with E-state index in [1.54, 1.807) is 12.1 Å². The predicted octanol–water partition coefficient (Wildman–Crippen LogP) is 4.39. The van der Waals surface area contributed by atoms with Crippen LogP contribution < -0.4 is 4.74 Å². The molecule has 2 nitrogen and oxygen atoms in total. The lowest BCUT2D eigenvalue weighted by atomic mass is 10.1. The molecule has 6 heteroatoms. The Morgan fingerprint density at radius 1 is 1.50 bits per heavy atom. The normalized spacial score (nSPS) is 12.5. The van der Waals surface area contributed by atoms with Crippen LogP contribution in [0.2, 0.25) is 4.34 Å². The first-order valence-corrected chi connectivity index (χ1v) is 6.98. The van der Waals surface area contributed by atoms with Crippen molar-refractivity contribution in [1.29, 1.82) is 0 Å². The molecule has 1 aromatic carbocycles. The van der Waals surface area contributed by atoms with Crippen LogP contribution in [0.3, 0.4) is 0 Å². The van der Waals surface area contributed by atoms with Crippen molar-refractivity contribution in [2.45, 2.75) is 6.10 Å². The summed E-state index contributed by atoms with van der Waals surface area (Å²) in [6.07, 6.45) is -1.10. The fourth-order valence-electron chi connectivity index (χ4n) is 1.60. The first-order chi connectivity index (χ1) is 8.54. The molecule has 1 aromatic heterocycles. The molecule has 0 saturated carbocycles. The number of benzene rings is 1. The fraction of sp³-hybridized carbons (Fsp3) is 0.167. The van der Waals surface area contributed by atoms with Gasteiger partial charge in [-0.2, -0.15) is 0 Å². The Labute approximate surface area is 121 Å². The van der Waals surface area contributed by atoms with Gasteiger partial charge in [-0.25, -0.2) is 4.39 Å². The summed E-state index contributed by atoms with van der Waals surface area (Å²) in [5, 5.41) is 10.2. The number of methoxy groups -OCH3 is 1. The second kappa shape index (κ2) is 5.57. The molecule has 0 spiro atoms. The number of hydrogen-bond donors (Lipinski definition) is 1. The number of rotatable bonds is 3. The van der Waals surface area contributed by atoms with Crippen molar-refractivity contribution >= 4 is 38.9 Å². The van der Waals surface area contributed by atoms with Gasteiger partial charge >= 0.3 is 0 Å². The van der Waals surface area contributed by atoms with Gasteiger partial charge in [-0.1, -0.05) is 17.7 Å². The second-order valence-corrected chi connectivity index (χ2v) is 6.07. The number of aliphatic hydroxyl groups excluding tert-OH is 1. The standard InChI is InChI=1S/C12H9BrClFO2S/c1-17-8-4-2-3-7(15)10(8)11(16)9-5-6(13)12(14)18-9/h2-5,11,16H,1H3. The molecule has 1 atom stereocenters. The third kappa shape index (κ3) is 2.54. The van der Waals surface area contributed by atoms with E-state index in [0.717, 1.165) is 0 Å². The highest BCUT2D eigenvalue weighted by atomic mass is 79.9. The molecule has 0 saturated heterocycles. The second-order valence-electron chi connectivity index (χ2n) is 3.53. The summed E-state index contributed by atoms with van der Waals surface area (Å²) in [7, 11) is 1.43. The molecule has 0 aliphatic heterocycles. The zero-order chi connectivity index (χ0) is 13.3. The maximum Gasteiger partial charge on any atom is 0.133 e. The van der Waals surface area contributed by atoms with Gasteiger partial charge in [-0.3, -0.25) is 0 Å². The van der Waals surface area contributed by atoms with Crippen molar-refractivity contribution in [3.8, 4) is 5.75 Å². The van der Waals surface area contributed by atoms with E-state index >= 15 is 0 Å². The molecule has 1 unspecified atom stereocenters. The average molecular weight is 352 g/mol. The number of halogens is 3. The molecule has 0 fully saturated rings. The van der Waals surface area contributed by atoms with Crippen molar-refractivity contribution in [3.63, 3.8) is 0 Å². The van der Waals surface area contributed by atoms with Gasteiger partial charge in [0.05, 0.1) is 12.7 Å². The van der Waals surface area contributed by atoms with Crippen LogP contribution in [0.5, 0.6) is 5.75 Å². The molecule has 0 aliphatic carbocycles. The van der Waals surface area contributed by atoms with E-state index in [9.17, 15) is 9.50 Å². The van der Waals surface area contributed by atoms with Gasteiger partial charge in [0.2, 0.25) is 0 Å². The highest BCUT2D eigenvalue weighted by Gasteiger charge is 2.22. The summed E-state index contributed by atoms with van der Waals surface area (Å²) in [6.45, 7) is 0. The van der Waals surface area contributed by atoms with E-state index in [4.69, 9.17) is 16.3 Å². The molecular weight excluding hydrogens is 343 g/mol. The van der Waals surface area contributed by atoms with E-state index in [2.05, 4.69) is 15.9 Å². The quantitative estimate of drug-likeness (QED) is 0.888. The van der Waals surface area contributed by atoms with Crippen LogP contribution in [0.25, 0.3) is 0 Å². The van der Waals surface area contributed by atoms with E-state index in [1.807, 2.05) is 0 Å². The Balaban J connectivity index is 2.48. The van der Waals surface area contributed by atoms with E-state index in [1.165, 1.54) is 30.6 Å². The lowest BCUT2D eigenvalue weighted by Crippen LogP contribution is -2.03. The number of hydrogen-bond acceptors (Lipinski definition) is 3. The van der Waals surface area contributed by atoms with Crippen molar-refractivity contribution in [2.75, 3.05) is 7.11 Å². The molecule has 18 heavy (non-hydrogen) atoms. The highest BCUT2D eigenvalue weighted by molar-refractivity contribution is 9.10. The molecule has 2 aromatic rings. The van der Waals surface area contributed by atoms with Gasteiger partial charge in [0.15, 0.2) is 0 Å². The van der Waals surface area contributed by atoms with Gasteiger partial charge in [-0.05, 0) is 34.1 Å².